The number of nitrogens with zero attached hydrogens (tertiary/aromatic N) is 1. The van der Waals surface area contributed by atoms with Crippen molar-refractivity contribution in [3.05, 3.63) is 95.6 Å². The maximum atomic E-state index is 11.2. The molecule has 0 fully saturated rings. The summed E-state index contributed by atoms with van der Waals surface area (Å²) < 4.78 is 21.7. The minimum absolute atomic E-state index is 0.119. The van der Waals surface area contributed by atoms with E-state index in [-0.39, 0.29) is 5.75 Å². The van der Waals surface area contributed by atoms with Crippen LogP contribution in [0.5, 0.6) is 11.5 Å². The van der Waals surface area contributed by atoms with E-state index in [0.29, 0.717) is 6.61 Å². The average Bonchev–Trinajstić information content (AvgIpc) is 2.78. The highest BCUT2D eigenvalue weighted by molar-refractivity contribution is 7.46. The molecule has 0 aromatic heterocycles. The second-order valence-electron chi connectivity index (χ2n) is 7.86. The van der Waals surface area contributed by atoms with Crippen LogP contribution in [0, 0.1) is 0 Å². The fourth-order valence-corrected chi connectivity index (χ4v) is 3.96. The largest absolute Gasteiger partial charge is 0.524 e. The molecule has 2 N–H and O–H groups in total. The molecule has 3 aromatic rings. The van der Waals surface area contributed by atoms with Crippen LogP contribution < -0.4 is 9.26 Å². The standard InChI is InChI=1S/C26H30NO5P/c1-4-25(20-8-6-5-7-9-20)26(22-12-16-24(17-13-22)32-33(28,29)30)21-10-14-23(15-11-21)31-19-18-27(2)3/h5-17H,4,18-19H2,1-3H3,(H2,28,29,30). The van der Waals surface area contributed by atoms with E-state index in [1.54, 1.807) is 12.1 Å². The van der Waals surface area contributed by atoms with Crippen LogP contribution in [0.25, 0.3) is 11.1 Å². The van der Waals surface area contributed by atoms with Gasteiger partial charge in [-0.05, 0) is 72.6 Å². The van der Waals surface area contributed by atoms with Gasteiger partial charge < -0.3 is 14.2 Å². The topological polar surface area (TPSA) is 79.2 Å². The summed E-state index contributed by atoms with van der Waals surface area (Å²) in [7, 11) is -0.588. The van der Waals surface area contributed by atoms with Gasteiger partial charge >= 0.3 is 7.82 Å². The Bertz CT molecular complexity index is 1100. The Morgan fingerprint density at radius 1 is 0.818 bits per heavy atom. The van der Waals surface area contributed by atoms with E-state index in [0.717, 1.165) is 41.0 Å². The van der Waals surface area contributed by atoms with E-state index in [4.69, 9.17) is 19.0 Å². The third-order valence-electron chi connectivity index (χ3n) is 5.10. The van der Waals surface area contributed by atoms with Gasteiger partial charge in [-0.3, -0.25) is 9.79 Å². The molecule has 33 heavy (non-hydrogen) atoms. The number of hydrogen-bond acceptors (Lipinski definition) is 4. The molecule has 0 radical (unpaired) electrons. The van der Waals surface area contributed by atoms with E-state index in [2.05, 4.69) is 24.0 Å². The Hall–Kier alpha value is -2.89. The minimum atomic E-state index is -4.61. The van der Waals surface area contributed by atoms with Crippen LogP contribution in [0.1, 0.15) is 30.0 Å². The molecule has 0 aliphatic carbocycles. The van der Waals surface area contributed by atoms with Crippen LogP contribution in [-0.4, -0.2) is 41.9 Å². The summed E-state index contributed by atoms with van der Waals surface area (Å²) in [6.07, 6.45) is 0.807. The maximum Gasteiger partial charge on any atom is 0.524 e. The van der Waals surface area contributed by atoms with Gasteiger partial charge in [0.05, 0.1) is 0 Å². The predicted molar refractivity (Wildman–Crippen MR) is 132 cm³/mol. The Kier molecular flexibility index (Phi) is 8.48. The first-order valence-corrected chi connectivity index (χ1v) is 12.3. The number of phosphoric ester groups is 1. The van der Waals surface area contributed by atoms with E-state index < -0.39 is 7.82 Å². The Labute approximate surface area is 195 Å². The Morgan fingerprint density at radius 3 is 1.85 bits per heavy atom. The third-order valence-corrected chi connectivity index (χ3v) is 5.54. The molecule has 0 saturated carbocycles. The lowest BCUT2D eigenvalue weighted by Crippen LogP contribution is -2.19. The molecule has 7 heteroatoms. The highest BCUT2D eigenvalue weighted by Crippen LogP contribution is 2.39. The molecule has 6 nitrogen and oxygen atoms in total. The molecule has 0 bridgehead atoms. The van der Waals surface area contributed by atoms with Crippen molar-refractivity contribution in [2.75, 3.05) is 27.2 Å². The predicted octanol–water partition coefficient (Wildman–Crippen LogP) is 5.47. The SMILES string of the molecule is CCC(=C(c1ccc(OCCN(C)C)cc1)c1ccc(OP(=O)(O)O)cc1)c1ccccc1. The van der Waals surface area contributed by atoms with E-state index >= 15 is 0 Å². The summed E-state index contributed by atoms with van der Waals surface area (Å²) in [4.78, 5) is 20.2. The summed E-state index contributed by atoms with van der Waals surface area (Å²) in [5, 5.41) is 0. The molecule has 0 unspecified atom stereocenters. The van der Waals surface area contributed by atoms with Crippen LogP contribution in [0.4, 0.5) is 0 Å². The van der Waals surface area contributed by atoms with E-state index in [1.807, 2.05) is 68.7 Å². The van der Waals surface area contributed by atoms with Crippen molar-refractivity contribution in [2.24, 2.45) is 0 Å². The molecule has 0 heterocycles. The molecule has 0 saturated heterocycles. The average molecular weight is 468 g/mol. The van der Waals surface area contributed by atoms with Gasteiger partial charge in [0.25, 0.3) is 0 Å². The fourth-order valence-electron chi connectivity index (χ4n) is 3.56. The van der Waals surface area contributed by atoms with Crippen molar-refractivity contribution in [2.45, 2.75) is 13.3 Å². The summed E-state index contributed by atoms with van der Waals surface area (Å²) in [6, 6.07) is 25.0. The van der Waals surface area contributed by atoms with E-state index in [1.165, 1.54) is 5.57 Å². The van der Waals surface area contributed by atoms with Gasteiger partial charge in [-0.2, -0.15) is 0 Å². The summed E-state index contributed by atoms with van der Waals surface area (Å²) >= 11 is 0. The van der Waals surface area contributed by atoms with Crippen LogP contribution in [0.2, 0.25) is 0 Å². The number of benzene rings is 3. The van der Waals surface area contributed by atoms with Crippen LogP contribution in [0.3, 0.4) is 0 Å². The molecular formula is C26H30NO5P. The van der Waals surface area contributed by atoms with Gasteiger partial charge in [-0.1, -0.05) is 61.5 Å². The normalized spacial score (nSPS) is 12.4. The third kappa shape index (κ3) is 7.31. The number of hydrogen-bond donors (Lipinski definition) is 2. The molecule has 3 rings (SSSR count). The Balaban J connectivity index is 2.01. The van der Waals surface area contributed by atoms with E-state index in [9.17, 15) is 4.57 Å². The van der Waals surface area contributed by atoms with Gasteiger partial charge in [-0.15, -0.1) is 0 Å². The molecular weight excluding hydrogens is 437 g/mol. The monoisotopic (exact) mass is 467 g/mol. The van der Waals surface area contributed by atoms with Crippen molar-refractivity contribution in [3.8, 4) is 11.5 Å². The van der Waals surface area contributed by atoms with Crippen molar-refractivity contribution < 1.29 is 23.6 Å². The number of rotatable bonds is 10. The summed E-state index contributed by atoms with van der Waals surface area (Å²) in [5.41, 5.74) is 5.29. The minimum Gasteiger partial charge on any atom is -0.492 e. The zero-order chi connectivity index (χ0) is 23.8. The smallest absolute Gasteiger partial charge is 0.492 e. The van der Waals surface area contributed by atoms with Gasteiger partial charge in [0.15, 0.2) is 0 Å². The molecule has 174 valence electrons. The van der Waals surface area contributed by atoms with Gasteiger partial charge in [-0.25, -0.2) is 4.57 Å². The summed E-state index contributed by atoms with van der Waals surface area (Å²) in [5.74, 6) is 0.928. The highest BCUT2D eigenvalue weighted by atomic mass is 31.2. The van der Waals surface area contributed by atoms with Crippen molar-refractivity contribution in [1.29, 1.82) is 0 Å². The lowest BCUT2D eigenvalue weighted by molar-refractivity contribution is 0.261. The van der Waals surface area contributed by atoms with Crippen LogP contribution in [0.15, 0.2) is 78.9 Å². The number of ether oxygens (including phenoxy) is 1. The lowest BCUT2D eigenvalue weighted by atomic mass is 9.88. The number of likely N-dealkylation sites (N-methyl/N-ethyl adjacent to an activating group) is 1. The fraction of sp³-hybridized carbons (Fsp3) is 0.231. The maximum absolute atomic E-state index is 11.2. The molecule has 0 amide bonds. The number of phosphoric acid groups is 1. The number of allylic oxidation sites excluding steroid dienone is 1. The quantitative estimate of drug-likeness (QED) is 0.304. The first-order chi connectivity index (χ1) is 15.8. The van der Waals surface area contributed by atoms with Crippen molar-refractivity contribution in [1.82, 2.24) is 4.90 Å². The Morgan fingerprint density at radius 2 is 1.36 bits per heavy atom. The highest BCUT2D eigenvalue weighted by Gasteiger charge is 2.17. The first-order valence-electron chi connectivity index (χ1n) is 10.8. The second kappa shape index (κ2) is 11.3. The van der Waals surface area contributed by atoms with Gasteiger partial charge in [0, 0.05) is 6.54 Å². The lowest BCUT2D eigenvalue weighted by Gasteiger charge is -2.17. The first kappa shape index (κ1) is 24.7. The van der Waals surface area contributed by atoms with Gasteiger partial charge in [0.1, 0.15) is 18.1 Å². The van der Waals surface area contributed by atoms with Crippen LogP contribution in [-0.2, 0) is 4.57 Å². The van der Waals surface area contributed by atoms with Crippen molar-refractivity contribution >= 4 is 19.0 Å². The van der Waals surface area contributed by atoms with Gasteiger partial charge in [0.2, 0.25) is 0 Å². The molecule has 0 spiro atoms. The molecule has 3 aromatic carbocycles. The summed E-state index contributed by atoms with van der Waals surface area (Å²) in [6.45, 7) is 3.57. The molecule has 0 aliphatic heterocycles. The second-order valence-corrected chi connectivity index (χ2v) is 9.02. The zero-order valence-electron chi connectivity index (χ0n) is 19.1. The van der Waals surface area contributed by atoms with Crippen LogP contribution >= 0.6 is 7.82 Å². The molecule has 0 aliphatic rings. The zero-order valence-corrected chi connectivity index (χ0v) is 20.0. The van der Waals surface area contributed by atoms with Crippen molar-refractivity contribution in [3.63, 3.8) is 0 Å². The molecule has 0 atom stereocenters.